The van der Waals surface area contributed by atoms with Crippen LogP contribution in [-0.2, 0) is 13.1 Å². The van der Waals surface area contributed by atoms with E-state index >= 15 is 0 Å². The lowest BCUT2D eigenvalue weighted by Gasteiger charge is -2.35. The number of piperazine rings is 1. The van der Waals surface area contributed by atoms with Crippen LogP contribution in [0.5, 0.6) is 0 Å². The number of hydrogen-bond donors (Lipinski definition) is 0. The second-order valence-corrected chi connectivity index (χ2v) is 8.81. The van der Waals surface area contributed by atoms with E-state index in [4.69, 9.17) is 11.6 Å². The number of carbonyl (C=O) groups is 1. The maximum absolute atomic E-state index is 14.1. The molecule has 0 unspecified atom stereocenters. The lowest BCUT2D eigenvalue weighted by atomic mass is 10.1. The van der Waals surface area contributed by atoms with Crippen molar-refractivity contribution in [2.24, 2.45) is 0 Å². The van der Waals surface area contributed by atoms with Crippen molar-refractivity contribution in [2.75, 3.05) is 26.2 Å². The molecule has 1 fully saturated rings. The zero-order valence-electron chi connectivity index (χ0n) is 19.0. The fraction of sp³-hybridized carbons (Fsp3) is 0.333. The lowest BCUT2D eigenvalue weighted by Crippen LogP contribution is -2.48. The fourth-order valence-electron chi connectivity index (χ4n) is 4.28. The van der Waals surface area contributed by atoms with Crippen molar-refractivity contribution in [3.63, 3.8) is 0 Å². The van der Waals surface area contributed by atoms with Crippen LogP contribution >= 0.6 is 11.6 Å². The smallest absolute Gasteiger partial charge is 0.312 e. The molecule has 0 spiro atoms. The van der Waals surface area contributed by atoms with Crippen LogP contribution in [0.2, 0.25) is 5.02 Å². The second-order valence-electron chi connectivity index (χ2n) is 8.40. The van der Waals surface area contributed by atoms with Crippen molar-refractivity contribution in [2.45, 2.75) is 26.9 Å². The van der Waals surface area contributed by atoms with Crippen LogP contribution in [0.1, 0.15) is 32.9 Å². The number of aryl methyl sites for hydroxylation is 1. The highest BCUT2D eigenvalue weighted by molar-refractivity contribution is 6.31. The minimum Gasteiger partial charge on any atom is -0.336 e. The fourth-order valence-corrected chi connectivity index (χ4v) is 4.50. The molecule has 8 nitrogen and oxygen atoms in total. The summed E-state index contributed by atoms with van der Waals surface area (Å²) in [4.78, 5) is 27.8. The Morgan fingerprint density at radius 1 is 1.12 bits per heavy atom. The molecule has 1 amide bonds. The molecule has 2 aromatic carbocycles. The first-order chi connectivity index (χ1) is 16.2. The number of hydrogen-bond acceptors (Lipinski definition) is 5. The first-order valence-corrected chi connectivity index (χ1v) is 11.3. The Morgan fingerprint density at radius 3 is 2.47 bits per heavy atom. The standard InChI is InChI=1S/C24H25ClFN5O3/c1-16-23(31(33)34)17(2)30(27-16)14-18-5-3-6-19(13-18)24(32)29-11-9-28(10-12-29)15-20-21(25)7-4-8-22(20)26/h3-8,13H,9-12,14-15H2,1-2H3. The number of nitrogens with zero attached hydrogens (tertiary/aromatic N) is 5. The Bertz CT molecular complexity index is 1220. The summed E-state index contributed by atoms with van der Waals surface area (Å²) in [5.74, 6) is -0.402. The molecular formula is C24H25ClFN5O3. The van der Waals surface area contributed by atoms with Gasteiger partial charge in [0.05, 0.1) is 11.5 Å². The zero-order chi connectivity index (χ0) is 24.4. The molecule has 1 aliphatic heterocycles. The van der Waals surface area contributed by atoms with Crippen molar-refractivity contribution in [1.29, 1.82) is 0 Å². The zero-order valence-corrected chi connectivity index (χ0v) is 19.8. The monoisotopic (exact) mass is 485 g/mol. The highest BCUT2D eigenvalue weighted by atomic mass is 35.5. The number of carbonyl (C=O) groups excluding carboxylic acids is 1. The topological polar surface area (TPSA) is 84.5 Å². The van der Waals surface area contributed by atoms with Gasteiger partial charge >= 0.3 is 5.69 Å². The van der Waals surface area contributed by atoms with E-state index < -0.39 is 4.92 Å². The van der Waals surface area contributed by atoms with Gasteiger partial charge in [0.1, 0.15) is 17.2 Å². The molecule has 10 heteroatoms. The van der Waals surface area contributed by atoms with Crippen molar-refractivity contribution < 1.29 is 14.1 Å². The number of benzene rings is 2. The molecule has 178 valence electrons. The van der Waals surface area contributed by atoms with Gasteiger partial charge in [-0.25, -0.2) is 4.39 Å². The Labute approximate surface area is 201 Å². The van der Waals surface area contributed by atoms with Crippen LogP contribution in [0.3, 0.4) is 0 Å². The molecule has 0 atom stereocenters. The average Bonchev–Trinajstić information content (AvgIpc) is 3.09. The van der Waals surface area contributed by atoms with Gasteiger partial charge in [-0.2, -0.15) is 5.10 Å². The molecule has 4 rings (SSSR count). The predicted octanol–water partition coefficient (Wildman–Crippen LogP) is 4.21. The van der Waals surface area contributed by atoms with Crippen molar-refractivity contribution >= 4 is 23.2 Å². The summed E-state index contributed by atoms with van der Waals surface area (Å²) in [6.07, 6.45) is 0. The van der Waals surface area contributed by atoms with Crippen LogP contribution in [0.4, 0.5) is 10.1 Å². The molecule has 3 aromatic rings. The minimum absolute atomic E-state index is 0.0155. The molecule has 1 aromatic heterocycles. The van der Waals surface area contributed by atoms with E-state index in [0.717, 1.165) is 5.56 Å². The van der Waals surface area contributed by atoms with Gasteiger partial charge in [-0.3, -0.25) is 24.5 Å². The molecule has 0 aliphatic carbocycles. The van der Waals surface area contributed by atoms with Crippen LogP contribution < -0.4 is 0 Å². The van der Waals surface area contributed by atoms with Gasteiger partial charge in [0.25, 0.3) is 5.91 Å². The molecule has 0 saturated carbocycles. The van der Waals surface area contributed by atoms with Crippen LogP contribution in [0.15, 0.2) is 42.5 Å². The molecule has 1 saturated heterocycles. The molecular weight excluding hydrogens is 461 g/mol. The summed E-state index contributed by atoms with van der Waals surface area (Å²) in [7, 11) is 0. The molecule has 2 heterocycles. The van der Waals surface area contributed by atoms with E-state index in [9.17, 15) is 19.3 Å². The van der Waals surface area contributed by atoms with Gasteiger partial charge < -0.3 is 4.90 Å². The van der Waals surface area contributed by atoms with Crippen LogP contribution in [0.25, 0.3) is 0 Å². The third-order valence-corrected chi connectivity index (χ3v) is 6.49. The molecule has 34 heavy (non-hydrogen) atoms. The maximum Gasteiger partial charge on any atom is 0.312 e. The van der Waals surface area contributed by atoms with Gasteiger partial charge in [0, 0.05) is 48.9 Å². The van der Waals surface area contributed by atoms with Gasteiger partial charge in [-0.1, -0.05) is 29.8 Å². The van der Waals surface area contributed by atoms with Gasteiger partial charge in [-0.15, -0.1) is 0 Å². The largest absolute Gasteiger partial charge is 0.336 e. The first-order valence-electron chi connectivity index (χ1n) is 11.0. The van der Waals surface area contributed by atoms with Gasteiger partial charge in [-0.05, 0) is 43.7 Å². The Hall–Kier alpha value is -3.30. The molecule has 0 N–H and O–H groups in total. The highest BCUT2D eigenvalue weighted by Crippen LogP contribution is 2.24. The van der Waals surface area contributed by atoms with Gasteiger partial charge in [0.15, 0.2) is 0 Å². The quantitative estimate of drug-likeness (QED) is 0.386. The number of nitro groups is 1. The summed E-state index contributed by atoms with van der Waals surface area (Å²) >= 11 is 6.15. The summed E-state index contributed by atoms with van der Waals surface area (Å²) in [5, 5.41) is 15.9. The van der Waals surface area contributed by atoms with E-state index in [0.29, 0.717) is 66.8 Å². The molecule has 1 aliphatic rings. The molecule has 0 radical (unpaired) electrons. The summed E-state index contributed by atoms with van der Waals surface area (Å²) in [6.45, 7) is 6.30. The molecule has 0 bridgehead atoms. The third-order valence-electron chi connectivity index (χ3n) is 6.14. The Morgan fingerprint density at radius 2 is 1.82 bits per heavy atom. The number of halogens is 2. The van der Waals surface area contributed by atoms with E-state index in [1.807, 2.05) is 6.07 Å². The number of rotatable bonds is 6. The van der Waals surface area contributed by atoms with E-state index in [2.05, 4.69) is 10.00 Å². The second kappa shape index (κ2) is 9.90. The highest BCUT2D eigenvalue weighted by Gasteiger charge is 2.24. The minimum atomic E-state index is -0.423. The summed E-state index contributed by atoms with van der Waals surface area (Å²) in [6, 6.07) is 11.9. The summed E-state index contributed by atoms with van der Waals surface area (Å²) in [5.41, 5.74) is 2.72. The number of amides is 1. The van der Waals surface area contributed by atoms with Crippen molar-refractivity contribution in [3.05, 3.63) is 91.5 Å². The van der Waals surface area contributed by atoms with Crippen molar-refractivity contribution in [3.8, 4) is 0 Å². The Kier molecular flexibility index (Phi) is 6.95. The SMILES string of the molecule is Cc1nn(Cc2cccc(C(=O)N3CCN(Cc4c(F)cccc4Cl)CC3)c2)c(C)c1[N+](=O)[O-]. The third kappa shape index (κ3) is 4.95. The van der Waals surface area contributed by atoms with Gasteiger partial charge in [0.2, 0.25) is 0 Å². The lowest BCUT2D eigenvalue weighted by molar-refractivity contribution is -0.386. The number of aromatic nitrogens is 2. The van der Waals surface area contributed by atoms with Crippen LogP contribution in [0, 0.1) is 29.8 Å². The van der Waals surface area contributed by atoms with E-state index in [1.165, 1.54) is 6.07 Å². The van der Waals surface area contributed by atoms with Crippen LogP contribution in [-0.4, -0.2) is 56.6 Å². The first kappa shape index (κ1) is 23.8. The maximum atomic E-state index is 14.1. The summed E-state index contributed by atoms with van der Waals surface area (Å²) < 4.78 is 15.7. The normalized spacial score (nSPS) is 14.4. The van der Waals surface area contributed by atoms with E-state index in [-0.39, 0.29) is 17.4 Å². The Balaban J connectivity index is 1.40. The average molecular weight is 486 g/mol. The van der Waals surface area contributed by atoms with E-state index in [1.54, 1.807) is 53.8 Å². The van der Waals surface area contributed by atoms with Crippen molar-refractivity contribution in [1.82, 2.24) is 19.6 Å². The predicted molar refractivity (Wildman–Crippen MR) is 126 cm³/mol.